The minimum atomic E-state index is -0.463. The molecule has 3 rings (SSSR count). The zero-order chi connectivity index (χ0) is 14.8. The topological polar surface area (TPSA) is 65.3 Å². The number of hydrogen-bond donors (Lipinski definition) is 0. The zero-order valence-electron chi connectivity index (χ0n) is 11.3. The third kappa shape index (κ3) is 2.18. The summed E-state index contributed by atoms with van der Waals surface area (Å²) in [4.78, 5) is 14.9. The van der Waals surface area contributed by atoms with Gasteiger partial charge in [-0.05, 0) is 23.3 Å². The van der Waals surface area contributed by atoms with Crippen molar-refractivity contribution in [1.29, 1.82) is 0 Å². The maximum atomic E-state index is 11.1. The molecule has 21 heavy (non-hydrogen) atoms. The van der Waals surface area contributed by atoms with Gasteiger partial charge < -0.3 is 4.74 Å². The third-order valence-electron chi connectivity index (χ3n) is 3.33. The first-order valence-electron chi connectivity index (χ1n) is 6.38. The van der Waals surface area contributed by atoms with Gasteiger partial charge in [-0.15, -0.1) is 0 Å². The smallest absolute Gasteiger partial charge is 0.313 e. The minimum Gasteiger partial charge on any atom is -0.489 e. The molecule has 104 valence electrons. The van der Waals surface area contributed by atoms with E-state index < -0.39 is 4.92 Å². The van der Waals surface area contributed by atoms with E-state index in [0.717, 1.165) is 16.5 Å². The number of nitrogens with zero attached hydrogens (tertiary/aromatic N) is 2. The van der Waals surface area contributed by atoms with Gasteiger partial charge in [-0.25, -0.2) is 0 Å². The van der Waals surface area contributed by atoms with Gasteiger partial charge in [-0.3, -0.25) is 15.1 Å². The number of aromatic nitrogens is 1. The molecule has 3 aromatic rings. The monoisotopic (exact) mass is 280 g/mol. The lowest BCUT2D eigenvalue weighted by molar-refractivity contribution is -0.385. The summed E-state index contributed by atoms with van der Waals surface area (Å²) in [6.07, 6.45) is 1.64. The summed E-state index contributed by atoms with van der Waals surface area (Å²) in [5.41, 5.74) is 2.41. The van der Waals surface area contributed by atoms with Gasteiger partial charge >= 0.3 is 5.69 Å². The molecule has 0 aliphatic carbocycles. The molecule has 0 saturated carbocycles. The lowest BCUT2D eigenvalue weighted by Gasteiger charge is -2.09. The van der Waals surface area contributed by atoms with Gasteiger partial charge in [0.1, 0.15) is 5.52 Å². The number of benzene rings is 2. The van der Waals surface area contributed by atoms with Crippen LogP contribution in [0, 0.1) is 10.1 Å². The average molecular weight is 280 g/mol. The van der Waals surface area contributed by atoms with Crippen LogP contribution in [0.1, 0.15) is 0 Å². The lowest BCUT2D eigenvalue weighted by Crippen LogP contribution is -1.96. The molecule has 0 atom stereocenters. The molecule has 0 amide bonds. The van der Waals surface area contributed by atoms with Gasteiger partial charge in [0.2, 0.25) is 5.75 Å². The van der Waals surface area contributed by atoms with Crippen LogP contribution < -0.4 is 4.74 Å². The van der Waals surface area contributed by atoms with E-state index >= 15 is 0 Å². The molecular weight excluding hydrogens is 268 g/mol. The van der Waals surface area contributed by atoms with E-state index in [1.54, 1.807) is 12.3 Å². The molecule has 0 saturated heterocycles. The Labute approximate surface area is 121 Å². The van der Waals surface area contributed by atoms with Crippen molar-refractivity contribution in [2.75, 3.05) is 7.11 Å². The van der Waals surface area contributed by atoms with Gasteiger partial charge in [0, 0.05) is 17.6 Å². The summed E-state index contributed by atoms with van der Waals surface area (Å²) in [7, 11) is 1.42. The van der Waals surface area contributed by atoms with Crippen LogP contribution in [0.3, 0.4) is 0 Å². The molecule has 0 aliphatic heterocycles. The predicted molar refractivity (Wildman–Crippen MR) is 80.4 cm³/mol. The van der Waals surface area contributed by atoms with E-state index in [2.05, 4.69) is 4.98 Å². The van der Waals surface area contributed by atoms with Crippen molar-refractivity contribution in [2.24, 2.45) is 0 Å². The molecule has 0 fully saturated rings. The van der Waals surface area contributed by atoms with Crippen LogP contribution in [-0.2, 0) is 0 Å². The van der Waals surface area contributed by atoms with Gasteiger partial charge in [0.25, 0.3) is 0 Å². The van der Waals surface area contributed by atoms with E-state index in [-0.39, 0.29) is 11.4 Å². The van der Waals surface area contributed by atoms with Crippen LogP contribution in [0.25, 0.3) is 22.0 Å². The second-order valence-corrected chi connectivity index (χ2v) is 4.50. The fourth-order valence-electron chi connectivity index (χ4n) is 2.40. The Hall–Kier alpha value is -2.95. The molecule has 0 aliphatic rings. The van der Waals surface area contributed by atoms with Gasteiger partial charge in [0.05, 0.1) is 12.0 Å². The van der Waals surface area contributed by atoms with E-state index in [9.17, 15) is 10.1 Å². The van der Waals surface area contributed by atoms with Crippen molar-refractivity contribution < 1.29 is 9.66 Å². The Morgan fingerprint density at radius 3 is 2.52 bits per heavy atom. The highest BCUT2D eigenvalue weighted by atomic mass is 16.6. The zero-order valence-corrected chi connectivity index (χ0v) is 11.3. The molecule has 1 aromatic heterocycles. The first-order valence-corrected chi connectivity index (χ1v) is 6.38. The fraction of sp³-hybridized carbons (Fsp3) is 0.0625. The maximum Gasteiger partial charge on any atom is 0.313 e. The van der Waals surface area contributed by atoms with E-state index in [0.29, 0.717) is 5.52 Å². The number of nitro groups is 1. The molecule has 0 unspecified atom stereocenters. The van der Waals surface area contributed by atoms with Crippen LogP contribution >= 0.6 is 0 Å². The number of nitro benzene ring substituents is 1. The standard InChI is InChI=1S/C16H12N2O3/c1-21-16-14(18(19)20)8-7-13-12(9-10-17-15(13)16)11-5-3-2-4-6-11/h2-10H,1H3. The average Bonchev–Trinajstić information content (AvgIpc) is 2.53. The number of methoxy groups -OCH3 is 1. The van der Waals surface area contributed by atoms with E-state index in [1.165, 1.54) is 13.2 Å². The predicted octanol–water partition coefficient (Wildman–Crippen LogP) is 3.82. The summed E-state index contributed by atoms with van der Waals surface area (Å²) in [5, 5.41) is 11.9. The fourth-order valence-corrected chi connectivity index (χ4v) is 2.40. The Balaban J connectivity index is 2.33. The highest BCUT2D eigenvalue weighted by molar-refractivity contribution is 5.99. The Morgan fingerprint density at radius 2 is 1.86 bits per heavy atom. The highest BCUT2D eigenvalue weighted by Gasteiger charge is 2.20. The SMILES string of the molecule is COc1c([N+](=O)[O-])ccc2c(-c3ccccc3)ccnc12. The first-order chi connectivity index (χ1) is 10.2. The molecule has 0 spiro atoms. The van der Waals surface area contributed by atoms with Gasteiger partial charge in [-0.1, -0.05) is 30.3 Å². The summed E-state index contributed by atoms with van der Waals surface area (Å²) in [6, 6.07) is 14.9. The summed E-state index contributed by atoms with van der Waals surface area (Å²) in [5.74, 6) is 0.190. The largest absolute Gasteiger partial charge is 0.489 e. The quantitative estimate of drug-likeness (QED) is 0.540. The summed E-state index contributed by atoms with van der Waals surface area (Å²) < 4.78 is 5.21. The highest BCUT2D eigenvalue weighted by Crippen LogP contribution is 2.37. The Bertz CT molecular complexity index is 816. The van der Waals surface area contributed by atoms with E-state index in [1.807, 2.05) is 36.4 Å². The van der Waals surface area contributed by atoms with Gasteiger partial charge in [-0.2, -0.15) is 0 Å². The molecular formula is C16H12N2O3. The van der Waals surface area contributed by atoms with Crippen LogP contribution in [0.15, 0.2) is 54.7 Å². The Kier molecular flexibility index (Phi) is 3.23. The van der Waals surface area contributed by atoms with Crippen LogP contribution in [0.2, 0.25) is 0 Å². The maximum absolute atomic E-state index is 11.1. The number of fused-ring (bicyclic) bond motifs is 1. The summed E-state index contributed by atoms with van der Waals surface area (Å²) >= 11 is 0. The molecule has 2 aromatic carbocycles. The lowest BCUT2D eigenvalue weighted by atomic mass is 10.0. The van der Waals surface area contributed by atoms with Crippen molar-refractivity contribution in [3.8, 4) is 16.9 Å². The second-order valence-electron chi connectivity index (χ2n) is 4.50. The van der Waals surface area contributed by atoms with Crippen molar-refractivity contribution in [1.82, 2.24) is 4.98 Å². The van der Waals surface area contributed by atoms with E-state index in [4.69, 9.17) is 4.74 Å². The van der Waals surface area contributed by atoms with Crippen molar-refractivity contribution in [3.05, 3.63) is 64.8 Å². The third-order valence-corrected chi connectivity index (χ3v) is 3.33. The minimum absolute atomic E-state index is 0.0808. The van der Waals surface area contributed by atoms with Gasteiger partial charge in [0.15, 0.2) is 0 Å². The Morgan fingerprint density at radius 1 is 1.10 bits per heavy atom. The van der Waals surface area contributed by atoms with Crippen LogP contribution in [0.5, 0.6) is 5.75 Å². The molecule has 5 nitrogen and oxygen atoms in total. The molecule has 1 heterocycles. The molecule has 0 N–H and O–H groups in total. The molecule has 5 heteroatoms. The number of pyridine rings is 1. The van der Waals surface area contributed by atoms with Crippen molar-refractivity contribution >= 4 is 16.6 Å². The normalized spacial score (nSPS) is 10.5. The van der Waals surface area contributed by atoms with Crippen LogP contribution in [0.4, 0.5) is 5.69 Å². The van der Waals surface area contributed by atoms with Crippen molar-refractivity contribution in [2.45, 2.75) is 0 Å². The first kappa shape index (κ1) is 13.1. The second kappa shape index (κ2) is 5.20. The summed E-state index contributed by atoms with van der Waals surface area (Å²) in [6.45, 7) is 0. The van der Waals surface area contributed by atoms with Crippen molar-refractivity contribution in [3.63, 3.8) is 0 Å². The number of ether oxygens (including phenoxy) is 1. The molecule has 0 radical (unpaired) electrons. The number of rotatable bonds is 3. The molecule has 0 bridgehead atoms. The van der Waals surface area contributed by atoms with Crippen LogP contribution in [-0.4, -0.2) is 17.0 Å². The number of hydrogen-bond acceptors (Lipinski definition) is 4.